The van der Waals surface area contributed by atoms with Crippen LogP contribution in [-0.2, 0) is 9.47 Å². The Balaban J connectivity index is 2.42. The van der Waals surface area contributed by atoms with Crippen LogP contribution in [0.5, 0.6) is 0 Å². The number of carbonyl (C=O) groups excluding carboxylic acids is 2. The lowest BCUT2D eigenvalue weighted by Crippen LogP contribution is -2.12. The summed E-state index contributed by atoms with van der Waals surface area (Å²) in [6.45, 7) is 0. The van der Waals surface area contributed by atoms with Crippen LogP contribution >= 0.6 is 0 Å². The summed E-state index contributed by atoms with van der Waals surface area (Å²) in [6, 6.07) is 10.3. The van der Waals surface area contributed by atoms with Gasteiger partial charge < -0.3 is 9.47 Å². The third-order valence-corrected chi connectivity index (χ3v) is 3.01. The van der Waals surface area contributed by atoms with Gasteiger partial charge in [-0.15, -0.1) is 0 Å². The van der Waals surface area contributed by atoms with Gasteiger partial charge in [0.1, 0.15) is 5.82 Å². The number of methoxy groups -OCH3 is 2. The van der Waals surface area contributed by atoms with Crippen LogP contribution in [0.15, 0.2) is 42.5 Å². The molecule has 0 heterocycles. The Hall–Kier alpha value is -3.13. The molecule has 0 saturated heterocycles. The number of halogens is 1. The van der Waals surface area contributed by atoms with Crippen LogP contribution < -0.4 is 0 Å². The van der Waals surface area contributed by atoms with Gasteiger partial charge in [0, 0.05) is 11.1 Å². The highest BCUT2D eigenvalue weighted by Crippen LogP contribution is 2.14. The van der Waals surface area contributed by atoms with E-state index in [0.717, 1.165) is 0 Å². The maximum absolute atomic E-state index is 13.1. The van der Waals surface area contributed by atoms with Crippen molar-refractivity contribution < 1.29 is 23.5 Å². The Morgan fingerprint density at radius 1 is 0.870 bits per heavy atom. The molecule has 0 spiro atoms. The maximum Gasteiger partial charge on any atom is 0.338 e. The van der Waals surface area contributed by atoms with Gasteiger partial charge in [0.15, 0.2) is 0 Å². The minimum atomic E-state index is -0.667. The summed E-state index contributed by atoms with van der Waals surface area (Å²) in [5, 5.41) is 0. The van der Waals surface area contributed by atoms with Crippen LogP contribution in [0.25, 0.3) is 0 Å². The SMILES string of the molecule is COC(=O)c1ccc(C#Cc2cccc(F)c2)cc1C(=O)OC. The molecular formula is C18H13FO4. The smallest absolute Gasteiger partial charge is 0.338 e. The molecule has 0 atom stereocenters. The van der Waals surface area contributed by atoms with E-state index in [4.69, 9.17) is 0 Å². The topological polar surface area (TPSA) is 52.6 Å². The number of carbonyl (C=O) groups is 2. The minimum Gasteiger partial charge on any atom is -0.465 e. The summed E-state index contributed by atoms with van der Waals surface area (Å²) in [6.07, 6.45) is 0. The second-order valence-electron chi connectivity index (χ2n) is 4.50. The number of esters is 2. The quantitative estimate of drug-likeness (QED) is 0.632. The molecule has 116 valence electrons. The van der Waals surface area contributed by atoms with Crippen LogP contribution in [-0.4, -0.2) is 26.2 Å². The first-order valence-corrected chi connectivity index (χ1v) is 6.63. The van der Waals surface area contributed by atoms with Crippen molar-refractivity contribution >= 4 is 11.9 Å². The molecule has 2 aromatic carbocycles. The first-order valence-electron chi connectivity index (χ1n) is 6.63. The van der Waals surface area contributed by atoms with Gasteiger partial charge in [-0.05, 0) is 36.4 Å². The van der Waals surface area contributed by atoms with Crippen molar-refractivity contribution in [3.63, 3.8) is 0 Å². The van der Waals surface area contributed by atoms with E-state index in [1.54, 1.807) is 18.2 Å². The fraction of sp³-hybridized carbons (Fsp3) is 0.111. The first kappa shape index (κ1) is 16.2. The molecule has 2 aromatic rings. The molecule has 0 radical (unpaired) electrons. The molecule has 0 aliphatic heterocycles. The highest BCUT2D eigenvalue weighted by molar-refractivity contribution is 6.03. The Labute approximate surface area is 132 Å². The van der Waals surface area contributed by atoms with Gasteiger partial charge in [0.2, 0.25) is 0 Å². The molecular weight excluding hydrogens is 299 g/mol. The van der Waals surface area contributed by atoms with Crippen LogP contribution in [0.3, 0.4) is 0 Å². The maximum atomic E-state index is 13.1. The second-order valence-corrected chi connectivity index (χ2v) is 4.50. The summed E-state index contributed by atoms with van der Waals surface area (Å²) in [7, 11) is 2.44. The van der Waals surface area contributed by atoms with E-state index in [2.05, 4.69) is 21.3 Å². The molecule has 0 amide bonds. The molecule has 0 saturated carbocycles. The van der Waals surface area contributed by atoms with E-state index in [1.165, 1.54) is 38.5 Å². The monoisotopic (exact) mass is 312 g/mol. The summed E-state index contributed by atoms with van der Waals surface area (Å²) in [5.74, 6) is 3.91. The average Bonchev–Trinajstić information content (AvgIpc) is 2.58. The average molecular weight is 312 g/mol. The normalized spacial score (nSPS) is 9.52. The van der Waals surface area contributed by atoms with E-state index in [1.807, 2.05) is 0 Å². The Morgan fingerprint density at radius 3 is 2.09 bits per heavy atom. The zero-order valence-electron chi connectivity index (χ0n) is 12.6. The lowest BCUT2D eigenvalue weighted by molar-refractivity contribution is 0.0555. The zero-order chi connectivity index (χ0) is 16.8. The first-order chi connectivity index (χ1) is 11.0. The van der Waals surface area contributed by atoms with Gasteiger partial charge in [-0.25, -0.2) is 14.0 Å². The van der Waals surface area contributed by atoms with Crippen molar-refractivity contribution in [2.45, 2.75) is 0 Å². The lowest BCUT2D eigenvalue weighted by Gasteiger charge is -2.06. The molecule has 0 unspecified atom stereocenters. The van der Waals surface area contributed by atoms with Gasteiger partial charge in [0.05, 0.1) is 25.3 Å². The van der Waals surface area contributed by atoms with E-state index in [-0.39, 0.29) is 16.9 Å². The predicted octanol–water partition coefficient (Wildman–Crippen LogP) is 2.80. The summed E-state index contributed by atoms with van der Waals surface area (Å²) in [5.41, 5.74) is 1.14. The number of ether oxygens (including phenoxy) is 2. The van der Waals surface area contributed by atoms with Crippen molar-refractivity contribution in [3.8, 4) is 11.8 Å². The number of benzene rings is 2. The number of rotatable bonds is 2. The minimum absolute atomic E-state index is 0.0605. The molecule has 4 nitrogen and oxygen atoms in total. The van der Waals surface area contributed by atoms with Gasteiger partial charge in [-0.3, -0.25) is 0 Å². The summed E-state index contributed by atoms with van der Waals surface area (Å²) >= 11 is 0. The van der Waals surface area contributed by atoms with Gasteiger partial charge >= 0.3 is 11.9 Å². The zero-order valence-corrected chi connectivity index (χ0v) is 12.6. The lowest BCUT2D eigenvalue weighted by atomic mass is 10.0. The van der Waals surface area contributed by atoms with Crippen molar-refractivity contribution in [1.29, 1.82) is 0 Å². The van der Waals surface area contributed by atoms with E-state index in [0.29, 0.717) is 11.1 Å². The van der Waals surface area contributed by atoms with Gasteiger partial charge in [-0.1, -0.05) is 17.9 Å². The second kappa shape index (κ2) is 7.23. The highest BCUT2D eigenvalue weighted by Gasteiger charge is 2.18. The van der Waals surface area contributed by atoms with E-state index < -0.39 is 11.9 Å². The largest absolute Gasteiger partial charge is 0.465 e. The molecule has 0 aromatic heterocycles. The number of hydrogen-bond acceptors (Lipinski definition) is 4. The van der Waals surface area contributed by atoms with Crippen LogP contribution in [0.2, 0.25) is 0 Å². The third-order valence-electron chi connectivity index (χ3n) is 3.01. The Morgan fingerprint density at radius 2 is 1.48 bits per heavy atom. The molecule has 0 N–H and O–H groups in total. The molecule has 0 aliphatic rings. The van der Waals surface area contributed by atoms with Crippen LogP contribution in [0.4, 0.5) is 4.39 Å². The predicted molar refractivity (Wildman–Crippen MR) is 81.5 cm³/mol. The molecule has 23 heavy (non-hydrogen) atoms. The number of hydrogen-bond donors (Lipinski definition) is 0. The fourth-order valence-electron chi connectivity index (χ4n) is 1.90. The van der Waals surface area contributed by atoms with Crippen molar-refractivity contribution in [2.24, 2.45) is 0 Å². The highest BCUT2D eigenvalue weighted by atomic mass is 19.1. The molecule has 2 rings (SSSR count). The molecule has 0 aliphatic carbocycles. The Bertz CT molecular complexity index is 815. The summed E-state index contributed by atoms with van der Waals surface area (Å²) < 4.78 is 22.4. The van der Waals surface area contributed by atoms with Gasteiger partial charge in [0.25, 0.3) is 0 Å². The van der Waals surface area contributed by atoms with E-state index in [9.17, 15) is 14.0 Å². The van der Waals surface area contributed by atoms with Gasteiger partial charge in [-0.2, -0.15) is 0 Å². The molecule has 0 bridgehead atoms. The van der Waals surface area contributed by atoms with Crippen molar-refractivity contribution in [3.05, 3.63) is 70.5 Å². The Kier molecular flexibility index (Phi) is 5.11. The van der Waals surface area contributed by atoms with Crippen LogP contribution in [0, 0.1) is 17.7 Å². The molecule has 0 fully saturated rings. The third kappa shape index (κ3) is 3.95. The standard InChI is InChI=1S/C18H13FO4/c1-22-17(20)15-9-8-13(11-16(15)18(21)23-2)7-6-12-4-3-5-14(19)10-12/h3-5,8-11H,1-2H3. The molecule has 5 heteroatoms. The van der Waals surface area contributed by atoms with Crippen LogP contribution in [0.1, 0.15) is 31.8 Å². The summed E-state index contributed by atoms with van der Waals surface area (Å²) in [4.78, 5) is 23.5. The van der Waals surface area contributed by atoms with Crippen molar-refractivity contribution in [2.75, 3.05) is 14.2 Å². The van der Waals surface area contributed by atoms with Crippen molar-refractivity contribution in [1.82, 2.24) is 0 Å². The fourth-order valence-corrected chi connectivity index (χ4v) is 1.90. The van der Waals surface area contributed by atoms with E-state index >= 15 is 0 Å².